The zero-order valence-electron chi connectivity index (χ0n) is 21.0. The molecule has 0 saturated carbocycles. The van der Waals surface area contributed by atoms with E-state index in [9.17, 15) is 19.8 Å². The number of aromatic hydroxyl groups is 1. The molecule has 1 amide bonds. The van der Waals surface area contributed by atoms with Crippen molar-refractivity contribution in [2.75, 3.05) is 11.5 Å². The second-order valence-corrected chi connectivity index (χ2v) is 10.8. The smallest absolute Gasteiger partial charge is 0.301 e. The number of benzene rings is 3. The van der Waals surface area contributed by atoms with Crippen LogP contribution in [-0.2, 0) is 16.0 Å². The molecular formula is C29H23ClN2O6S. The van der Waals surface area contributed by atoms with Crippen molar-refractivity contribution >= 4 is 55.7 Å². The Labute approximate surface area is 232 Å². The zero-order chi connectivity index (χ0) is 27.4. The fraction of sp³-hybridized carbons (Fsp3) is 0.207. The summed E-state index contributed by atoms with van der Waals surface area (Å²) in [6.07, 6.45) is 0.669. The van der Waals surface area contributed by atoms with Crippen molar-refractivity contribution in [1.29, 1.82) is 0 Å². The number of aliphatic hydroxyl groups excluding tert-OH is 1. The van der Waals surface area contributed by atoms with Crippen LogP contribution in [0, 0.1) is 0 Å². The number of ether oxygens (including phenoxy) is 2. The Morgan fingerprint density at radius 3 is 2.79 bits per heavy atom. The van der Waals surface area contributed by atoms with E-state index in [4.69, 9.17) is 21.1 Å². The number of fused-ring (bicyclic) bond motifs is 2. The largest absolute Gasteiger partial charge is 0.507 e. The molecule has 2 aliphatic rings. The lowest BCUT2D eigenvalue weighted by atomic mass is 9.94. The van der Waals surface area contributed by atoms with Crippen molar-refractivity contribution in [3.8, 4) is 17.2 Å². The van der Waals surface area contributed by atoms with Crippen molar-refractivity contribution in [2.45, 2.75) is 32.4 Å². The van der Waals surface area contributed by atoms with Gasteiger partial charge in [0.25, 0.3) is 5.78 Å². The maximum Gasteiger partial charge on any atom is 0.301 e. The molecule has 39 heavy (non-hydrogen) atoms. The van der Waals surface area contributed by atoms with Gasteiger partial charge in [0.15, 0.2) is 16.6 Å². The molecule has 3 aromatic carbocycles. The number of phenolic OH excluding ortho intramolecular Hbond substituents is 1. The number of aliphatic hydroxyl groups is 1. The van der Waals surface area contributed by atoms with Gasteiger partial charge in [-0.25, -0.2) is 4.98 Å². The van der Waals surface area contributed by atoms with E-state index in [1.165, 1.54) is 22.3 Å². The molecule has 2 atom stereocenters. The predicted molar refractivity (Wildman–Crippen MR) is 149 cm³/mol. The fourth-order valence-electron chi connectivity index (χ4n) is 5.03. The lowest BCUT2D eigenvalue weighted by molar-refractivity contribution is -0.132. The summed E-state index contributed by atoms with van der Waals surface area (Å²) in [7, 11) is 0. The van der Waals surface area contributed by atoms with Gasteiger partial charge in [-0.3, -0.25) is 14.5 Å². The highest BCUT2D eigenvalue weighted by molar-refractivity contribution is 7.22. The third-order valence-corrected chi connectivity index (χ3v) is 8.01. The quantitative estimate of drug-likeness (QED) is 0.174. The van der Waals surface area contributed by atoms with Gasteiger partial charge in [0.1, 0.15) is 17.6 Å². The number of hydrogen-bond donors (Lipinski definition) is 2. The molecule has 2 N–H and O–H groups in total. The minimum atomic E-state index is -1.02. The first-order chi connectivity index (χ1) is 18.7. The number of halogens is 1. The minimum absolute atomic E-state index is 0.00416. The molecule has 1 fully saturated rings. The highest BCUT2D eigenvalue weighted by Gasteiger charge is 2.48. The van der Waals surface area contributed by atoms with Crippen LogP contribution >= 0.6 is 22.9 Å². The van der Waals surface area contributed by atoms with Crippen LogP contribution in [0.1, 0.15) is 36.6 Å². The number of aromatic nitrogens is 1. The van der Waals surface area contributed by atoms with Gasteiger partial charge in [0.05, 0.1) is 28.4 Å². The zero-order valence-corrected chi connectivity index (χ0v) is 22.5. The highest BCUT2D eigenvalue weighted by atomic mass is 35.5. The molecule has 3 heterocycles. The molecule has 0 spiro atoms. The third kappa shape index (κ3) is 4.27. The molecule has 0 aliphatic carbocycles. The second kappa shape index (κ2) is 9.59. The van der Waals surface area contributed by atoms with Gasteiger partial charge >= 0.3 is 5.91 Å². The Balaban J connectivity index is 1.55. The summed E-state index contributed by atoms with van der Waals surface area (Å²) >= 11 is 7.38. The molecule has 1 saturated heterocycles. The van der Waals surface area contributed by atoms with Gasteiger partial charge < -0.3 is 19.7 Å². The number of Topliss-reactive ketones (excluding diaryl/α,β-unsaturated/α-hetero) is 1. The van der Waals surface area contributed by atoms with E-state index < -0.39 is 17.7 Å². The maximum absolute atomic E-state index is 13.6. The van der Waals surface area contributed by atoms with E-state index in [-0.39, 0.29) is 34.1 Å². The first-order valence-corrected chi connectivity index (χ1v) is 13.6. The number of hydrogen-bond acceptors (Lipinski definition) is 8. The van der Waals surface area contributed by atoms with E-state index in [1.807, 2.05) is 6.92 Å². The summed E-state index contributed by atoms with van der Waals surface area (Å²) in [4.78, 5) is 33.0. The van der Waals surface area contributed by atoms with E-state index in [0.29, 0.717) is 34.7 Å². The Morgan fingerprint density at radius 1 is 1.18 bits per heavy atom. The van der Waals surface area contributed by atoms with Crippen LogP contribution in [0.2, 0.25) is 5.02 Å². The number of ketones is 1. The van der Waals surface area contributed by atoms with Gasteiger partial charge in [-0.2, -0.15) is 0 Å². The molecule has 10 heteroatoms. The van der Waals surface area contributed by atoms with E-state index >= 15 is 0 Å². The first-order valence-electron chi connectivity index (χ1n) is 12.4. The lowest BCUT2D eigenvalue weighted by Gasteiger charge is -2.23. The predicted octanol–water partition coefficient (Wildman–Crippen LogP) is 6.00. The van der Waals surface area contributed by atoms with E-state index in [0.717, 1.165) is 16.0 Å². The van der Waals surface area contributed by atoms with Gasteiger partial charge in [0, 0.05) is 17.0 Å². The van der Waals surface area contributed by atoms with Crippen LogP contribution in [0.25, 0.3) is 16.0 Å². The summed E-state index contributed by atoms with van der Waals surface area (Å²) in [6, 6.07) is 14.0. The summed E-state index contributed by atoms with van der Waals surface area (Å²) in [5, 5.41) is 22.6. The van der Waals surface area contributed by atoms with Crippen molar-refractivity contribution in [2.24, 2.45) is 0 Å². The molecule has 2 aliphatic heterocycles. The van der Waals surface area contributed by atoms with Crippen molar-refractivity contribution in [1.82, 2.24) is 4.98 Å². The monoisotopic (exact) mass is 562 g/mol. The highest BCUT2D eigenvalue weighted by Crippen LogP contribution is 2.46. The van der Waals surface area contributed by atoms with Crippen LogP contribution in [0.3, 0.4) is 0 Å². The van der Waals surface area contributed by atoms with E-state index in [1.54, 1.807) is 55.5 Å². The maximum atomic E-state index is 13.6. The number of rotatable bonds is 5. The average Bonchev–Trinajstić information content (AvgIpc) is 3.57. The minimum Gasteiger partial charge on any atom is -0.507 e. The topological polar surface area (TPSA) is 109 Å². The first kappa shape index (κ1) is 25.2. The number of thiazole rings is 1. The van der Waals surface area contributed by atoms with Crippen LogP contribution in [-0.4, -0.2) is 39.6 Å². The number of carbonyl (C=O) groups is 2. The van der Waals surface area contributed by atoms with Crippen LogP contribution in [0.5, 0.6) is 17.2 Å². The van der Waals surface area contributed by atoms with Gasteiger partial charge in [-0.15, -0.1) is 0 Å². The Bertz CT molecular complexity index is 1700. The summed E-state index contributed by atoms with van der Waals surface area (Å²) in [5.74, 6) is -1.13. The van der Waals surface area contributed by atoms with Gasteiger partial charge in [-0.1, -0.05) is 29.0 Å². The lowest BCUT2D eigenvalue weighted by Crippen LogP contribution is -2.29. The molecule has 0 radical (unpaired) electrons. The SMILES string of the molecule is CCOc1cc([C@@H]2/C(=C(\O)c3ccc4c(c3)C[C@@H](C)O4)C(=O)C(=O)N2c2nc3ccc(Cl)cc3s2)ccc1O. The number of anilines is 1. The summed E-state index contributed by atoms with van der Waals surface area (Å²) in [5.41, 5.74) is 2.30. The Morgan fingerprint density at radius 2 is 2.00 bits per heavy atom. The normalized spacial score (nSPS) is 19.9. The molecule has 0 unspecified atom stereocenters. The van der Waals surface area contributed by atoms with Crippen LogP contribution in [0.15, 0.2) is 60.2 Å². The van der Waals surface area contributed by atoms with Gasteiger partial charge in [0.2, 0.25) is 0 Å². The molecular weight excluding hydrogens is 540 g/mol. The van der Waals surface area contributed by atoms with Crippen molar-refractivity contribution in [3.63, 3.8) is 0 Å². The second-order valence-electron chi connectivity index (χ2n) is 9.39. The third-order valence-electron chi connectivity index (χ3n) is 6.76. The summed E-state index contributed by atoms with van der Waals surface area (Å²) in [6.45, 7) is 4.03. The van der Waals surface area contributed by atoms with Crippen LogP contribution in [0.4, 0.5) is 5.13 Å². The fourth-order valence-corrected chi connectivity index (χ4v) is 6.30. The van der Waals surface area contributed by atoms with E-state index in [2.05, 4.69) is 4.98 Å². The number of phenols is 1. The number of nitrogens with zero attached hydrogens (tertiary/aromatic N) is 2. The molecule has 0 bridgehead atoms. The Kier molecular flexibility index (Phi) is 6.20. The molecule has 1 aromatic heterocycles. The summed E-state index contributed by atoms with van der Waals surface area (Å²) < 4.78 is 12.1. The van der Waals surface area contributed by atoms with Crippen molar-refractivity contribution < 1.29 is 29.3 Å². The molecule has 8 nitrogen and oxygen atoms in total. The van der Waals surface area contributed by atoms with Crippen molar-refractivity contribution in [3.05, 3.63) is 81.9 Å². The molecule has 4 aromatic rings. The molecule has 198 valence electrons. The van der Waals surface area contributed by atoms with Gasteiger partial charge in [-0.05, 0) is 73.5 Å². The Hall–Kier alpha value is -4.08. The average molecular weight is 563 g/mol. The molecule has 6 rings (SSSR count). The standard InChI is InChI=1S/C29H23ClN2O6S/c1-3-37-22-12-15(4-8-20(22)33)25-24(26(34)16-5-9-21-17(11-16)10-14(2)38-21)27(35)28(36)32(25)29-31-19-7-6-18(30)13-23(19)39-29/h4-9,11-14,25,33-34H,3,10H2,1-2H3/b26-24+/t14-,25-/m1/s1. The van der Waals surface area contributed by atoms with Crippen LogP contribution < -0.4 is 14.4 Å². The number of amides is 1. The number of carbonyl (C=O) groups excluding carboxylic acids is 2.